The van der Waals surface area contributed by atoms with Crippen molar-refractivity contribution in [1.82, 2.24) is 5.32 Å². The highest BCUT2D eigenvalue weighted by atomic mass is 16.3. The van der Waals surface area contributed by atoms with E-state index in [4.69, 9.17) is 0 Å². The number of aliphatic hydroxyl groups is 1. The Labute approximate surface area is 81.7 Å². The maximum Gasteiger partial charge on any atom is 0.0822 e. The lowest BCUT2D eigenvalue weighted by molar-refractivity contribution is -0.0405. The summed E-state index contributed by atoms with van der Waals surface area (Å²) in [5, 5.41) is 13.7. The Bertz CT molecular complexity index is 167. The van der Waals surface area contributed by atoms with Gasteiger partial charge in [-0.1, -0.05) is 20.8 Å². The first-order chi connectivity index (χ1) is 6.02. The summed E-state index contributed by atoms with van der Waals surface area (Å²) < 4.78 is 0. The van der Waals surface area contributed by atoms with E-state index in [-0.39, 0.29) is 5.41 Å². The lowest BCUT2D eigenvalue weighted by atomic mass is 9.78. The summed E-state index contributed by atoms with van der Waals surface area (Å²) in [4.78, 5) is 0. The minimum Gasteiger partial charge on any atom is -0.388 e. The molecule has 1 aliphatic rings. The predicted octanol–water partition coefficient (Wildman–Crippen LogP) is 1.93. The van der Waals surface area contributed by atoms with Crippen molar-refractivity contribution in [3.8, 4) is 0 Å². The van der Waals surface area contributed by atoms with Gasteiger partial charge in [0.15, 0.2) is 0 Å². The summed E-state index contributed by atoms with van der Waals surface area (Å²) in [6.07, 6.45) is 4.40. The molecule has 13 heavy (non-hydrogen) atoms. The summed E-state index contributed by atoms with van der Waals surface area (Å²) >= 11 is 0. The Morgan fingerprint density at radius 2 is 2.00 bits per heavy atom. The van der Waals surface area contributed by atoms with Crippen molar-refractivity contribution in [1.29, 1.82) is 0 Å². The predicted molar refractivity (Wildman–Crippen MR) is 55.7 cm³/mol. The van der Waals surface area contributed by atoms with Gasteiger partial charge >= 0.3 is 0 Å². The minimum atomic E-state index is -0.470. The van der Waals surface area contributed by atoms with Crippen LogP contribution in [0.2, 0.25) is 0 Å². The third-order valence-corrected chi connectivity index (χ3v) is 3.50. The molecule has 1 fully saturated rings. The zero-order chi connectivity index (χ0) is 9.95. The first kappa shape index (κ1) is 11.0. The van der Waals surface area contributed by atoms with Gasteiger partial charge in [0.1, 0.15) is 0 Å². The van der Waals surface area contributed by atoms with Crippen LogP contribution in [0.5, 0.6) is 0 Å². The SMILES string of the molecule is CCCNCC1(O)CCCC1(C)C. The molecule has 0 bridgehead atoms. The molecule has 1 unspecified atom stereocenters. The molecule has 2 N–H and O–H groups in total. The van der Waals surface area contributed by atoms with Crippen LogP contribution in [0.25, 0.3) is 0 Å². The van der Waals surface area contributed by atoms with Gasteiger partial charge in [0, 0.05) is 6.54 Å². The van der Waals surface area contributed by atoms with E-state index in [2.05, 4.69) is 26.1 Å². The molecule has 1 atom stereocenters. The zero-order valence-corrected chi connectivity index (χ0v) is 9.19. The van der Waals surface area contributed by atoms with Crippen molar-refractivity contribution >= 4 is 0 Å². The molecule has 2 heteroatoms. The first-order valence-corrected chi connectivity index (χ1v) is 5.45. The lowest BCUT2D eigenvalue weighted by Gasteiger charge is -2.37. The summed E-state index contributed by atoms with van der Waals surface area (Å²) in [5.41, 5.74) is -0.379. The molecular formula is C11H23NO. The van der Waals surface area contributed by atoms with Gasteiger partial charge in [-0.2, -0.15) is 0 Å². The van der Waals surface area contributed by atoms with Crippen LogP contribution < -0.4 is 5.32 Å². The zero-order valence-electron chi connectivity index (χ0n) is 9.19. The molecule has 0 radical (unpaired) electrons. The van der Waals surface area contributed by atoms with Crippen LogP contribution >= 0.6 is 0 Å². The Kier molecular flexibility index (Phi) is 3.36. The normalized spacial score (nSPS) is 32.3. The minimum absolute atomic E-state index is 0.0910. The molecule has 0 aromatic carbocycles. The van der Waals surface area contributed by atoms with E-state index in [1.165, 1.54) is 0 Å². The fourth-order valence-electron chi connectivity index (χ4n) is 2.19. The molecule has 1 rings (SSSR count). The van der Waals surface area contributed by atoms with Crippen molar-refractivity contribution in [2.75, 3.05) is 13.1 Å². The average Bonchev–Trinajstić information content (AvgIpc) is 2.28. The monoisotopic (exact) mass is 185 g/mol. The van der Waals surface area contributed by atoms with E-state index in [1.807, 2.05) is 0 Å². The molecule has 0 amide bonds. The van der Waals surface area contributed by atoms with Crippen LogP contribution in [0, 0.1) is 5.41 Å². The van der Waals surface area contributed by atoms with Gasteiger partial charge in [0.25, 0.3) is 0 Å². The largest absolute Gasteiger partial charge is 0.388 e. The topological polar surface area (TPSA) is 32.3 Å². The Morgan fingerprint density at radius 1 is 1.31 bits per heavy atom. The second kappa shape index (κ2) is 3.97. The Balaban J connectivity index is 2.45. The molecule has 0 spiro atoms. The van der Waals surface area contributed by atoms with E-state index in [1.54, 1.807) is 0 Å². The highest BCUT2D eigenvalue weighted by Crippen LogP contribution is 2.45. The van der Waals surface area contributed by atoms with Crippen LogP contribution in [0.15, 0.2) is 0 Å². The molecular weight excluding hydrogens is 162 g/mol. The van der Waals surface area contributed by atoms with Crippen molar-refractivity contribution in [3.63, 3.8) is 0 Å². The van der Waals surface area contributed by atoms with Crippen LogP contribution in [-0.2, 0) is 0 Å². The quantitative estimate of drug-likeness (QED) is 0.656. The van der Waals surface area contributed by atoms with Crippen LogP contribution in [0.1, 0.15) is 46.5 Å². The van der Waals surface area contributed by atoms with E-state index in [0.717, 1.165) is 38.8 Å². The molecule has 0 aromatic rings. The van der Waals surface area contributed by atoms with Crippen LogP contribution in [0.4, 0.5) is 0 Å². The van der Waals surface area contributed by atoms with Gasteiger partial charge in [0.05, 0.1) is 5.60 Å². The van der Waals surface area contributed by atoms with Crippen molar-refractivity contribution < 1.29 is 5.11 Å². The highest BCUT2D eigenvalue weighted by molar-refractivity contribution is 4.99. The molecule has 0 aliphatic heterocycles. The lowest BCUT2D eigenvalue weighted by Crippen LogP contribution is -2.48. The standard InChI is InChI=1S/C11H23NO/c1-4-8-12-9-11(13)7-5-6-10(11,2)3/h12-13H,4-9H2,1-3H3. The van der Waals surface area contributed by atoms with E-state index in [0.29, 0.717) is 0 Å². The van der Waals surface area contributed by atoms with E-state index >= 15 is 0 Å². The summed E-state index contributed by atoms with van der Waals surface area (Å²) in [6.45, 7) is 8.27. The number of nitrogens with one attached hydrogen (secondary N) is 1. The van der Waals surface area contributed by atoms with E-state index < -0.39 is 5.60 Å². The van der Waals surface area contributed by atoms with Gasteiger partial charge < -0.3 is 10.4 Å². The van der Waals surface area contributed by atoms with Crippen LogP contribution in [-0.4, -0.2) is 23.8 Å². The molecule has 0 heterocycles. The summed E-state index contributed by atoms with van der Waals surface area (Å²) in [5.74, 6) is 0. The van der Waals surface area contributed by atoms with Gasteiger partial charge in [0.2, 0.25) is 0 Å². The number of hydrogen-bond acceptors (Lipinski definition) is 2. The summed E-state index contributed by atoms with van der Waals surface area (Å²) in [6, 6.07) is 0. The third kappa shape index (κ3) is 2.23. The molecule has 1 saturated carbocycles. The maximum absolute atomic E-state index is 10.4. The second-order valence-corrected chi connectivity index (χ2v) is 4.95. The van der Waals surface area contributed by atoms with Gasteiger partial charge in [-0.25, -0.2) is 0 Å². The molecule has 0 aromatic heterocycles. The fourth-order valence-corrected chi connectivity index (χ4v) is 2.19. The highest BCUT2D eigenvalue weighted by Gasteiger charge is 2.46. The Hall–Kier alpha value is -0.0800. The smallest absolute Gasteiger partial charge is 0.0822 e. The van der Waals surface area contributed by atoms with Crippen LogP contribution in [0.3, 0.4) is 0 Å². The van der Waals surface area contributed by atoms with Crippen molar-refractivity contribution in [2.24, 2.45) is 5.41 Å². The van der Waals surface area contributed by atoms with Gasteiger partial charge in [-0.05, 0) is 37.6 Å². The molecule has 78 valence electrons. The first-order valence-electron chi connectivity index (χ1n) is 5.45. The molecule has 0 saturated heterocycles. The van der Waals surface area contributed by atoms with Crippen molar-refractivity contribution in [3.05, 3.63) is 0 Å². The molecule has 1 aliphatic carbocycles. The summed E-state index contributed by atoms with van der Waals surface area (Å²) in [7, 11) is 0. The Morgan fingerprint density at radius 3 is 2.46 bits per heavy atom. The number of rotatable bonds is 4. The second-order valence-electron chi connectivity index (χ2n) is 4.95. The maximum atomic E-state index is 10.4. The van der Waals surface area contributed by atoms with Gasteiger partial charge in [-0.15, -0.1) is 0 Å². The molecule has 2 nitrogen and oxygen atoms in total. The van der Waals surface area contributed by atoms with Gasteiger partial charge in [-0.3, -0.25) is 0 Å². The van der Waals surface area contributed by atoms with Crippen molar-refractivity contribution in [2.45, 2.75) is 52.1 Å². The number of hydrogen-bond donors (Lipinski definition) is 2. The fraction of sp³-hybridized carbons (Fsp3) is 1.00. The average molecular weight is 185 g/mol. The third-order valence-electron chi connectivity index (χ3n) is 3.50. The van der Waals surface area contributed by atoms with E-state index in [9.17, 15) is 5.11 Å².